The van der Waals surface area contributed by atoms with Gasteiger partial charge in [0.2, 0.25) is 0 Å². The number of nitrogens with two attached hydrogens (primary N) is 1. The molecule has 94 valence electrons. The lowest BCUT2D eigenvalue weighted by molar-refractivity contribution is -0.137. The fraction of sp³-hybridized carbons (Fsp3) is 0.333. The number of hydrogen-bond acceptors (Lipinski definition) is 1. The Hall–Kier alpha value is -1.36. The summed E-state index contributed by atoms with van der Waals surface area (Å²) >= 11 is 0. The highest BCUT2D eigenvalue weighted by Crippen LogP contribution is 2.29. The lowest BCUT2D eigenvalue weighted by atomic mass is 10.0. The molecule has 1 nitrogen and oxygen atoms in total. The van der Waals surface area contributed by atoms with Crippen LogP contribution < -0.4 is 5.73 Å². The molecule has 0 heterocycles. The van der Waals surface area contributed by atoms with E-state index in [1.807, 2.05) is 0 Å². The summed E-state index contributed by atoms with van der Waals surface area (Å²) in [5.74, 6) is 0. The normalized spacial score (nSPS) is 12.9. The van der Waals surface area contributed by atoms with E-state index < -0.39 is 11.7 Å². The molecule has 1 aromatic rings. The maximum absolute atomic E-state index is 12.3. The number of benzene rings is 1. The molecule has 5 heteroatoms. The second-order valence-corrected chi connectivity index (χ2v) is 3.67. The second kappa shape index (κ2) is 5.82. The Labute approximate surface area is 96.9 Å². The van der Waals surface area contributed by atoms with Crippen molar-refractivity contribution < 1.29 is 17.6 Å². The SMILES string of the molecule is NCC(=CF)CCc1ccc(C(F)(F)F)cc1. The van der Waals surface area contributed by atoms with Crippen molar-refractivity contribution in [3.8, 4) is 0 Å². The monoisotopic (exact) mass is 247 g/mol. The Balaban J connectivity index is 2.63. The molecule has 0 saturated carbocycles. The summed E-state index contributed by atoms with van der Waals surface area (Å²) in [5.41, 5.74) is 5.77. The molecule has 0 spiro atoms. The maximum Gasteiger partial charge on any atom is 0.416 e. The van der Waals surface area contributed by atoms with E-state index in [2.05, 4.69) is 0 Å². The quantitative estimate of drug-likeness (QED) is 0.810. The molecule has 0 saturated heterocycles. The molecule has 1 aromatic carbocycles. The number of halogens is 4. The number of aryl methyl sites for hydroxylation is 1. The average molecular weight is 247 g/mol. The van der Waals surface area contributed by atoms with Crippen LogP contribution in [0.5, 0.6) is 0 Å². The van der Waals surface area contributed by atoms with Crippen molar-refractivity contribution in [1.29, 1.82) is 0 Å². The lowest BCUT2D eigenvalue weighted by Gasteiger charge is -2.08. The minimum Gasteiger partial charge on any atom is -0.327 e. The van der Waals surface area contributed by atoms with Crippen LogP contribution in [0.4, 0.5) is 17.6 Å². The molecule has 17 heavy (non-hydrogen) atoms. The predicted octanol–water partition coefficient (Wildman–Crippen LogP) is 3.45. The van der Waals surface area contributed by atoms with E-state index in [1.165, 1.54) is 12.1 Å². The van der Waals surface area contributed by atoms with Crippen LogP contribution >= 0.6 is 0 Å². The van der Waals surface area contributed by atoms with Crippen LogP contribution in [0.1, 0.15) is 17.5 Å². The molecule has 0 atom stereocenters. The molecule has 0 fully saturated rings. The van der Waals surface area contributed by atoms with Crippen LogP contribution in [0, 0.1) is 0 Å². The minimum absolute atomic E-state index is 0.122. The van der Waals surface area contributed by atoms with Gasteiger partial charge in [0, 0.05) is 6.54 Å². The predicted molar refractivity (Wildman–Crippen MR) is 58.0 cm³/mol. The summed E-state index contributed by atoms with van der Waals surface area (Å²) in [6, 6.07) is 4.84. The number of rotatable bonds is 4. The van der Waals surface area contributed by atoms with Crippen molar-refractivity contribution in [1.82, 2.24) is 0 Å². The summed E-state index contributed by atoms with van der Waals surface area (Å²) in [6.45, 7) is 0.122. The molecule has 0 amide bonds. The fourth-order valence-corrected chi connectivity index (χ4v) is 1.37. The lowest BCUT2D eigenvalue weighted by Crippen LogP contribution is -2.05. The van der Waals surface area contributed by atoms with E-state index >= 15 is 0 Å². The zero-order valence-electron chi connectivity index (χ0n) is 9.10. The molecule has 0 unspecified atom stereocenters. The first kappa shape index (κ1) is 13.7. The minimum atomic E-state index is -4.32. The zero-order valence-corrected chi connectivity index (χ0v) is 9.10. The van der Waals surface area contributed by atoms with Crippen LogP contribution in [0.2, 0.25) is 0 Å². The van der Waals surface area contributed by atoms with Crippen molar-refractivity contribution in [2.45, 2.75) is 19.0 Å². The van der Waals surface area contributed by atoms with E-state index in [0.717, 1.165) is 17.7 Å². The van der Waals surface area contributed by atoms with E-state index in [-0.39, 0.29) is 6.54 Å². The largest absolute Gasteiger partial charge is 0.416 e. The number of alkyl halides is 3. The van der Waals surface area contributed by atoms with Gasteiger partial charge >= 0.3 is 6.18 Å². The zero-order chi connectivity index (χ0) is 12.9. The Morgan fingerprint density at radius 2 is 1.76 bits per heavy atom. The molecule has 0 aliphatic heterocycles. The summed E-state index contributed by atoms with van der Waals surface area (Å²) in [5, 5.41) is 0. The van der Waals surface area contributed by atoms with Gasteiger partial charge in [-0.1, -0.05) is 12.1 Å². The van der Waals surface area contributed by atoms with Crippen LogP contribution in [-0.4, -0.2) is 6.54 Å². The first-order valence-corrected chi connectivity index (χ1v) is 5.11. The smallest absolute Gasteiger partial charge is 0.327 e. The Kier molecular flexibility index (Phi) is 4.69. The third-order valence-electron chi connectivity index (χ3n) is 2.43. The van der Waals surface area contributed by atoms with Gasteiger partial charge in [-0.15, -0.1) is 0 Å². The fourth-order valence-electron chi connectivity index (χ4n) is 1.37. The third kappa shape index (κ3) is 4.19. The van der Waals surface area contributed by atoms with Crippen molar-refractivity contribution >= 4 is 0 Å². The molecular formula is C12H13F4N. The summed E-state index contributed by atoms with van der Waals surface area (Å²) < 4.78 is 49.0. The molecular weight excluding hydrogens is 234 g/mol. The Bertz CT molecular complexity index is 378. The van der Waals surface area contributed by atoms with E-state index in [1.54, 1.807) is 0 Å². The second-order valence-electron chi connectivity index (χ2n) is 3.67. The van der Waals surface area contributed by atoms with Gasteiger partial charge in [-0.3, -0.25) is 0 Å². The van der Waals surface area contributed by atoms with Gasteiger partial charge in [-0.25, -0.2) is 4.39 Å². The van der Waals surface area contributed by atoms with Crippen LogP contribution in [-0.2, 0) is 12.6 Å². The van der Waals surface area contributed by atoms with Crippen molar-refractivity contribution in [2.75, 3.05) is 6.54 Å². The highest BCUT2D eigenvalue weighted by molar-refractivity contribution is 5.25. The summed E-state index contributed by atoms with van der Waals surface area (Å²) in [4.78, 5) is 0. The van der Waals surface area contributed by atoms with Gasteiger partial charge in [-0.05, 0) is 36.1 Å². The third-order valence-corrected chi connectivity index (χ3v) is 2.43. The van der Waals surface area contributed by atoms with E-state index in [4.69, 9.17) is 5.73 Å². The van der Waals surface area contributed by atoms with Crippen LogP contribution in [0.3, 0.4) is 0 Å². The standard InChI is InChI=1S/C12H13F4N/c13-7-10(8-17)2-1-9-3-5-11(6-4-9)12(14,15)16/h3-7H,1-2,8,17H2. The van der Waals surface area contributed by atoms with Crippen molar-refractivity contribution in [3.05, 3.63) is 47.3 Å². The number of hydrogen-bond donors (Lipinski definition) is 1. The van der Waals surface area contributed by atoms with Gasteiger partial charge in [0.05, 0.1) is 11.9 Å². The highest BCUT2D eigenvalue weighted by Gasteiger charge is 2.29. The van der Waals surface area contributed by atoms with Crippen LogP contribution in [0.25, 0.3) is 0 Å². The molecule has 2 N–H and O–H groups in total. The molecule has 0 radical (unpaired) electrons. The molecule has 0 aromatic heterocycles. The van der Waals surface area contributed by atoms with Gasteiger partial charge in [0.1, 0.15) is 0 Å². The average Bonchev–Trinajstić information content (AvgIpc) is 2.30. The van der Waals surface area contributed by atoms with Crippen LogP contribution in [0.15, 0.2) is 36.2 Å². The Morgan fingerprint density at radius 3 is 2.18 bits per heavy atom. The van der Waals surface area contributed by atoms with Gasteiger partial charge in [0.25, 0.3) is 0 Å². The van der Waals surface area contributed by atoms with Crippen molar-refractivity contribution in [2.24, 2.45) is 5.73 Å². The Morgan fingerprint density at radius 1 is 1.18 bits per heavy atom. The van der Waals surface area contributed by atoms with Gasteiger partial charge in [0.15, 0.2) is 0 Å². The van der Waals surface area contributed by atoms with Gasteiger partial charge < -0.3 is 5.73 Å². The first-order chi connectivity index (χ1) is 7.97. The van der Waals surface area contributed by atoms with E-state index in [9.17, 15) is 17.6 Å². The topological polar surface area (TPSA) is 26.0 Å². The molecule has 0 aliphatic rings. The van der Waals surface area contributed by atoms with E-state index in [0.29, 0.717) is 24.7 Å². The first-order valence-electron chi connectivity index (χ1n) is 5.11. The van der Waals surface area contributed by atoms with Crippen molar-refractivity contribution in [3.63, 3.8) is 0 Å². The molecule has 1 rings (SSSR count). The highest BCUT2D eigenvalue weighted by atomic mass is 19.4. The molecule has 0 aliphatic carbocycles. The van der Waals surface area contributed by atoms with Gasteiger partial charge in [-0.2, -0.15) is 13.2 Å². The molecule has 0 bridgehead atoms. The summed E-state index contributed by atoms with van der Waals surface area (Å²) in [7, 11) is 0. The summed E-state index contributed by atoms with van der Waals surface area (Å²) in [6.07, 6.45) is -2.98. The maximum atomic E-state index is 12.3.